The minimum absolute atomic E-state index is 0.170. The van der Waals surface area contributed by atoms with Crippen molar-refractivity contribution in [3.63, 3.8) is 0 Å². The summed E-state index contributed by atoms with van der Waals surface area (Å²) in [7, 11) is 2.15. The number of hydrogen-bond donors (Lipinski definition) is 0. The second-order valence-corrected chi connectivity index (χ2v) is 7.33. The van der Waals surface area contributed by atoms with Crippen LogP contribution in [0.3, 0.4) is 0 Å². The molecule has 128 valence electrons. The van der Waals surface area contributed by atoms with E-state index in [9.17, 15) is 4.79 Å². The molecule has 1 aromatic heterocycles. The lowest BCUT2D eigenvalue weighted by Gasteiger charge is -2.32. The average Bonchev–Trinajstić information content (AvgIpc) is 3.07. The van der Waals surface area contributed by atoms with Crippen LogP contribution >= 0.6 is 0 Å². The van der Waals surface area contributed by atoms with Crippen molar-refractivity contribution in [1.82, 2.24) is 19.8 Å². The maximum Gasteiger partial charge on any atom is 0.226 e. The number of fused-ring (bicyclic) bond motifs is 1. The molecule has 5 heteroatoms. The number of carbonyl (C=O) groups excluding carboxylic acids is 1. The monoisotopic (exact) mass is 326 g/mol. The summed E-state index contributed by atoms with van der Waals surface area (Å²) in [5.41, 5.74) is 2.28. The standard InChI is InChI=1S/C19H26N4O/c1-22-10-5-8-17(22)18-20-12-15-13-23(11-9-16(15)21-18)19(24)14-6-3-2-4-7-14/h2-3,12,14,17H,4-11,13H2,1H3. The molecule has 24 heavy (non-hydrogen) atoms. The first-order valence-electron chi connectivity index (χ1n) is 9.21. The van der Waals surface area contributed by atoms with Crippen LogP contribution in [-0.2, 0) is 17.8 Å². The van der Waals surface area contributed by atoms with Crippen LogP contribution in [-0.4, -0.2) is 45.8 Å². The van der Waals surface area contributed by atoms with E-state index in [1.807, 2.05) is 11.1 Å². The molecular weight excluding hydrogens is 300 g/mol. The fraction of sp³-hybridized carbons (Fsp3) is 0.632. The van der Waals surface area contributed by atoms with Gasteiger partial charge in [-0.25, -0.2) is 9.97 Å². The summed E-state index contributed by atoms with van der Waals surface area (Å²) in [6, 6.07) is 0.365. The summed E-state index contributed by atoms with van der Waals surface area (Å²) in [6.45, 7) is 2.60. The highest BCUT2D eigenvalue weighted by Crippen LogP contribution is 2.29. The molecule has 0 N–H and O–H groups in total. The zero-order valence-corrected chi connectivity index (χ0v) is 14.4. The lowest BCUT2D eigenvalue weighted by atomic mass is 9.92. The van der Waals surface area contributed by atoms with Gasteiger partial charge in [0.2, 0.25) is 5.91 Å². The topological polar surface area (TPSA) is 49.3 Å². The molecule has 0 bridgehead atoms. The van der Waals surface area contributed by atoms with Crippen molar-refractivity contribution in [2.24, 2.45) is 5.92 Å². The van der Waals surface area contributed by atoms with Gasteiger partial charge < -0.3 is 4.90 Å². The van der Waals surface area contributed by atoms with Gasteiger partial charge in [-0.2, -0.15) is 0 Å². The number of rotatable bonds is 2. The van der Waals surface area contributed by atoms with Gasteiger partial charge in [-0.1, -0.05) is 12.2 Å². The first kappa shape index (κ1) is 15.8. The number of hydrogen-bond acceptors (Lipinski definition) is 4. The second kappa shape index (κ2) is 6.63. The van der Waals surface area contributed by atoms with Gasteiger partial charge in [-0.3, -0.25) is 9.69 Å². The van der Waals surface area contributed by atoms with E-state index in [1.54, 1.807) is 0 Å². The molecule has 2 atom stereocenters. The van der Waals surface area contributed by atoms with Crippen LogP contribution < -0.4 is 0 Å². The Hall–Kier alpha value is -1.75. The van der Waals surface area contributed by atoms with Gasteiger partial charge in [0.15, 0.2) is 0 Å². The first-order valence-corrected chi connectivity index (χ1v) is 9.21. The Bertz CT molecular complexity index is 657. The molecule has 0 spiro atoms. The van der Waals surface area contributed by atoms with Crippen molar-refractivity contribution < 1.29 is 4.79 Å². The van der Waals surface area contributed by atoms with Gasteiger partial charge in [0.1, 0.15) is 5.82 Å². The third-order valence-corrected chi connectivity index (χ3v) is 5.70. The van der Waals surface area contributed by atoms with Crippen LogP contribution in [0.2, 0.25) is 0 Å². The zero-order chi connectivity index (χ0) is 16.5. The smallest absolute Gasteiger partial charge is 0.226 e. The molecule has 1 aliphatic carbocycles. The number of carbonyl (C=O) groups is 1. The van der Waals surface area contributed by atoms with Crippen LogP contribution in [0.4, 0.5) is 0 Å². The molecule has 1 aromatic rings. The quantitative estimate of drug-likeness (QED) is 0.784. The van der Waals surface area contributed by atoms with Crippen molar-refractivity contribution in [3.05, 3.63) is 35.4 Å². The number of aromatic nitrogens is 2. The summed E-state index contributed by atoms with van der Waals surface area (Å²) < 4.78 is 0. The summed E-state index contributed by atoms with van der Waals surface area (Å²) in [6.07, 6.45) is 12.4. The van der Waals surface area contributed by atoms with Crippen LogP contribution in [0, 0.1) is 5.92 Å². The molecule has 1 amide bonds. The Labute approximate surface area is 143 Å². The van der Waals surface area contributed by atoms with Crippen molar-refractivity contribution >= 4 is 5.91 Å². The molecule has 3 heterocycles. The number of nitrogens with zero attached hydrogens (tertiary/aromatic N) is 4. The highest BCUT2D eigenvalue weighted by atomic mass is 16.2. The fourth-order valence-corrected chi connectivity index (χ4v) is 4.19. The van der Waals surface area contributed by atoms with Crippen molar-refractivity contribution in [1.29, 1.82) is 0 Å². The predicted molar refractivity (Wildman–Crippen MR) is 92.2 cm³/mol. The SMILES string of the molecule is CN1CCCC1c1ncc2c(n1)CCN(C(=O)C1CC=CCC1)C2. The molecule has 0 aromatic carbocycles. The van der Waals surface area contributed by atoms with Crippen LogP contribution in [0.1, 0.15) is 55.2 Å². The molecule has 3 aliphatic rings. The average molecular weight is 326 g/mol. The number of likely N-dealkylation sites (tertiary alicyclic amines) is 1. The molecule has 2 unspecified atom stereocenters. The Kier molecular flexibility index (Phi) is 4.35. The molecule has 4 rings (SSSR count). The van der Waals surface area contributed by atoms with Crippen LogP contribution in [0.5, 0.6) is 0 Å². The van der Waals surface area contributed by atoms with Gasteiger partial charge >= 0.3 is 0 Å². The van der Waals surface area contributed by atoms with E-state index < -0.39 is 0 Å². The highest BCUT2D eigenvalue weighted by molar-refractivity contribution is 5.79. The van der Waals surface area contributed by atoms with Crippen molar-refractivity contribution in [3.8, 4) is 0 Å². The van der Waals surface area contributed by atoms with Gasteiger partial charge in [-0.15, -0.1) is 0 Å². The molecule has 1 fully saturated rings. The third-order valence-electron chi connectivity index (χ3n) is 5.70. The van der Waals surface area contributed by atoms with E-state index in [-0.39, 0.29) is 5.92 Å². The molecule has 0 saturated carbocycles. The van der Waals surface area contributed by atoms with Gasteiger partial charge in [0.05, 0.1) is 11.7 Å². The Morgan fingerprint density at radius 1 is 1.25 bits per heavy atom. The second-order valence-electron chi connectivity index (χ2n) is 7.33. The molecule has 0 radical (unpaired) electrons. The van der Waals surface area contributed by atoms with E-state index in [2.05, 4.69) is 29.1 Å². The van der Waals surface area contributed by atoms with Crippen LogP contribution in [0.25, 0.3) is 0 Å². The van der Waals surface area contributed by atoms with E-state index in [0.29, 0.717) is 18.5 Å². The maximum absolute atomic E-state index is 12.7. The lowest BCUT2D eigenvalue weighted by Crippen LogP contribution is -2.40. The summed E-state index contributed by atoms with van der Waals surface area (Å²) in [5, 5.41) is 0. The largest absolute Gasteiger partial charge is 0.338 e. The number of amides is 1. The molecule has 5 nitrogen and oxygen atoms in total. The molecule has 1 saturated heterocycles. The highest BCUT2D eigenvalue weighted by Gasteiger charge is 2.30. The Morgan fingerprint density at radius 3 is 2.92 bits per heavy atom. The van der Waals surface area contributed by atoms with Crippen molar-refractivity contribution in [2.75, 3.05) is 20.1 Å². The summed E-state index contributed by atoms with van der Waals surface area (Å²) in [4.78, 5) is 26.6. The first-order chi connectivity index (χ1) is 11.7. The number of allylic oxidation sites excluding steroid dienone is 2. The van der Waals surface area contributed by atoms with Gasteiger partial charge in [-0.05, 0) is 45.7 Å². The normalized spacial score (nSPS) is 27.3. The van der Waals surface area contributed by atoms with Crippen molar-refractivity contribution in [2.45, 2.75) is 51.1 Å². The van der Waals surface area contributed by atoms with E-state index in [4.69, 9.17) is 4.98 Å². The third kappa shape index (κ3) is 2.97. The van der Waals surface area contributed by atoms with E-state index in [0.717, 1.165) is 62.3 Å². The van der Waals surface area contributed by atoms with E-state index in [1.165, 1.54) is 6.42 Å². The zero-order valence-electron chi connectivity index (χ0n) is 14.4. The molecular formula is C19H26N4O. The Balaban J connectivity index is 1.47. The summed E-state index contributed by atoms with van der Waals surface area (Å²) in [5.74, 6) is 1.44. The molecule has 2 aliphatic heterocycles. The lowest BCUT2D eigenvalue weighted by molar-refractivity contribution is -0.136. The minimum atomic E-state index is 0.170. The minimum Gasteiger partial charge on any atom is -0.338 e. The fourth-order valence-electron chi connectivity index (χ4n) is 4.19. The van der Waals surface area contributed by atoms with Gasteiger partial charge in [0.25, 0.3) is 0 Å². The van der Waals surface area contributed by atoms with E-state index >= 15 is 0 Å². The van der Waals surface area contributed by atoms with Gasteiger partial charge in [0, 0.05) is 37.2 Å². The maximum atomic E-state index is 12.7. The summed E-state index contributed by atoms with van der Waals surface area (Å²) >= 11 is 0. The van der Waals surface area contributed by atoms with Crippen LogP contribution in [0.15, 0.2) is 18.3 Å². The predicted octanol–water partition coefficient (Wildman–Crippen LogP) is 2.48. The Morgan fingerprint density at radius 2 is 2.17 bits per heavy atom.